The van der Waals surface area contributed by atoms with E-state index in [1.54, 1.807) is 4.90 Å². The van der Waals surface area contributed by atoms with E-state index >= 15 is 0 Å². The van der Waals surface area contributed by atoms with Crippen LogP contribution < -0.4 is 10.2 Å². The third-order valence-corrected chi connectivity index (χ3v) is 3.59. The van der Waals surface area contributed by atoms with Crippen molar-refractivity contribution in [1.82, 2.24) is 15.2 Å². The van der Waals surface area contributed by atoms with Crippen LogP contribution >= 0.6 is 0 Å². The largest absolute Gasteiger partial charge is 0.450 e. The maximum absolute atomic E-state index is 11.7. The lowest BCUT2D eigenvalue weighted by molar-refractivity contribution is 0.105. The van der Waals surface area contributed by atoms with Crippen molar-refractivity contribution in [2.75, 3.05) is 44.7 Å². The van der Waals surface area contributed by atoms with Crippen LogP contribution in [0.5, 0.6) is 0 Å². The van der Waals surface area contributed by atoms with Gasteiger partial charge in [-0.05, 0) is 38.1 Å². The van der Waals surface area contributed by atoms with Gasteiger partial charge in [0.1, 0.15) is 5.82 Å². The van der Waals surface area contributed by atoms with Crippen molar-refractivity contribution in [2.24, 2.45) is 0 Å². The minimum Gasteiger partial charge on any atom is -0.450 e. The molecule has 6 heteroatoms. The number of hydrogen-bond donors (Lipinski definition) is 1. The Morgan fingerprint density at radius 3 is 2.67 bits per heavy atom. The van der Waals surface area contributed by atoms with Crippen molar-refractivity contribution in [3.05, 3.63) is 23.4 Å². The molecular formula is C15H24N4O2. The Labute approximate surface area is 126 Å². The van der Waals surface area contributed by atoms with E-state index in [9.17, 15) is 4.79 Å². The molecule has 116 valence electrons. The molecule has 0 unspecified atom stereocenters. The molecule has 1 aliphatic heterocycles. The average molecular weight is 292 g/mol. The minimum absolute atomic E-state index is 0.216. The Morgan fingerprint density at radius 1 is 1.38 bits per heavy atom. The fourth-order valence-electron chi connectivity index (χ4n) is 2.57. The Morgan fingerprint density at radius 2 is 2.10 bits per heavy atom. The number of aryl methyl sites for hydroxylation is 1. The first-order chi connectivity index (χ1) is 10.2. The predicted molar refractivity (Wildman–Crippen MR) is 82.5 cm³/mol. The Balaban J connectivity index is 1.97. The van der Waals surface area contributed by atoms with Gasteiger partial charge in [0.05, 0.1) is 6.61 Å². The van der Waals surface area contributed by atoms with Gasteiger partial charge in [0.2, 0.25) is 0 Å². The van der Waals surface area contributed by atoms with Gasteiger partial charge < -0.3 is 19.9 Å². The number of rotatable bonds is 4. The van der Waals surface area contributed by atoms with Crippen molar-refractivity contribution >= 4 is 11.9 Å². The van der Waals surface area contributed by atoms with Crippen LogP contribution in [0.4, 0.5) is 10.6 Å². The van der Waals surface area contributed by atoms with Crippen molar-refractivity contribution in [3.63, 3.8) is 0 Å². The first kappa shape index (κ1) is 15.6. The fourth-order valence-corrected chi connectivity index (χ4v) is 2.57. The Hall–Kier alpha value is -1.82. The lowest BCUT2D eigenvalue weighted by Crippen LogP contribution is -2.49. The van der Waals surface area contributed by atoms with E-state index in [-0.39, 0.29) is 6.09 Å². The van der Waals surface area contributed by atoms with Crippen LogP contribution in [-0.2, 0) is 11.3 Å². The molecule has 1 amide bonds. The number of nitrogens with zero attached hydrogens (tertiary/aromatic N) is 3. The highest BCUT2D eigenvalue weighted by molar-refractivity contribution is 5.68. The molecule has 0 spiro atoms. The summed E-state index contributed by atoms with van der Waals surface area (Å²) in [6.45, 7) is 8.09. The van der Waals surface area contributed by atoms with Gasteiger partial charge in [0, 0.05) is 38.9 Å². The second kappa shape index (κ2) is 7.26. The standard InChI is InChI=1S/C15H24N4O2/c1-4-21-15(20)19-7-5-18(6-8-19)14-12(2)9-13(10-16-3)11-17-14/h9,11,16H,4-8,10H2,1-3H3. The third-order valence-electron chi connectivity index (χ3n) is 3.59. The van der Waals surface area contributed by atoms with Gasteiger partial charge in [0.15, 0.2) is 0 Å². The van der Waals surface area contributed by atoms with E-state index < -0.39 is 0 Å². The van der Waals surface area contributed by atoms with Crippen molar-refractivity contribution in [2.45, 2.75) is 20.4 Å². The molecular weight excluding hydrogens is 268 g/mol. The zero-order valence-corrected chi connectivity index (χ0v) is 13.1. The number of piperazine rings is 1. The zero-order valence-electron chi connectivity index (χ0n) is 13.1. The van der Waals surface area contributed by atoms with Crippen LogP contribution in [0, 0.1) is 6.92 Å². The summed E-state index contributed by atoms with van der Waals surface area (Å²) in [6.07, 6.45) is 1.70. The van der Waals surface area contributed by atoms with Gasteiger partial charge in [-0.1, -0.05) is 0 Å². The minimum atomic E-state index is -0.216. The van der Waals surface area contributed by atoms with Crippen LogP contribution in [-0.4, -0.2) is 55.8 Å². The summed E-state index contributed by atoms with van der Waals surface area (Å²) < 4.78 is 5.03. The normalized spacial score (nSPS) is 15.2. The van der Waals surface area contributed by atoms with E-state index in [0.717, 1.165) is 25.5 Å². The molecule has 2 rings (SSSR count). The van der Waals surface area contributed by atoms with Crippen LogP contribution in [0.25, 0.3) is 0 Å². The highest BCUT2D eigenvalue weighted by Crippen LogP contribution is 2.19. The maximum atomic E-state index is 11.7. The molecule has 1 aromatic rings. The second-order valence-electron chi connectivity index (χ2n) is 5.19. The number of pyridine rings is 1. The van der Waals surface area contributed by atoms with E-state index in [1.165, 1.54) is 11.1 Å². The van der Waals surface area contributed by atoms with Gasteiger partial charge in [-0.2, -0.15) is 0 Å². The topological polar surface area (TPSA) is 57.7 Å². The van der Waals surface area contributed by atoms with Crippen LogP contribution in [0.15, 0.2) is 12.3 Å². The monoisotopic (exact) mass is 292 g/mol. The molecule has 1 fully saturated rings. The zero-order chi connectivity index (χ0) is 15.2. The SMILES string of the molecule is CCOC(=O)N1CCN(c2ncc(CNC)cc2C)CC1. The molecule has 1 N–H and O–H groups in total. The summed E-state index contributed by atoms with van der Waals surface area (Å²) in [5.41, 5.74) is 2.36. The molecule has 0 atom stereocenters. The van der Waals surface area contributed by atoms with Crippen LogP contribution in [0.1, 0.15) is 18.1 Å². The van der Waals surface area contributed by atoms with E-state index in [1.807, 2.05) is 20.2 Å². The maximum Gasteiger partial charge on any atom is 0.409 e. The quantitative estimate of drug-likeness (QED) is 0.909. The number of carbonyl (C=O) groups excluding carboxylic acids is 1. The van der Waals surface area contributed by atoms with E-state index in [2.05, 4.69) is 28.2 Å². The number of carbonyl (C=O) groups is 1. The molecule has 1 aromatic heterocycles. The number of hydrogen-bond acceptors (Lipinski definition) is 5. The van der Waals surface area contributed by atoms with Gasteiger partial charge in [0.25, 0.3) is 0 Å². The van der Waals surface area contributed by atoms with Crippen molar-refractivity contribution < 1.29 is 9.53 Å². The fraction of sp³-hybridized carbons (Fsp3) is 0.600. The molecule has 2 heterocycles. The average Bonchev–Trinajstić information content (AvgIpc) is 2.48. The number of nitrogens with one attached hydrogen (secondary N) is 1. The highest BCUT2D eigenvalue weighted by Gasteiger charge is 2.23. The van der Waals surface area contributed by atoms with Gasteiger partial charge in [-0.15, -0.1) is 0 Å². The summed E-state index contributed by atoms with van der Waals surface area (Å²) in [4.78, 5) is 20.3. The van der Waals surface area contributed by atoms with Crippen LogP contribution in [0.2, 0.25) is 0 Å². The van der Waals surface area contributed by atoms with Gasteiger partial charge >= 0.3 is 6.09 Å². The van der Waals surface area contributed by atoms with Crippen LogP contribution in [0.3, 0.4) is 0 Å². The first-order valence-corrected chi connectivity index (χ1v) is 7.42. The third kappa shape index (κ3) is 3.85. The summed E-state index contributed by atoms with van der Waals surface area (Å²) >= 11 is 0. The number of ether oxygens (including phenoxy) is 1. The molecule has 0 bridgehead atoms. The summed E-state index contributed by atoms with van der Waals surface area (Å²) in [5.74, 6) is 1.01. The van der Waals surface area contributed by atoms with Crippen molar-refractivity contribution in [3.8, 4) is 0 Å². The molecule has 1 aliphatic rings. The molecule has 0 aliphatic carbocycles. The number of amides is 1. The van der Waals surface area contributed by atoms with Gasteiger partial charge in [-0.25, -0.2) is 9.78 Å². The highest BCUT2D eigenvalue weighted by atomic mass is 16.6. The molecule has 0 saturated carbocycles. The molecule has 0 aromatic carbocycles. The first-order valence-electron chi connectivity index (χ1n) is 7.42. The van der Waals surface area contributed by atoms with Gasteiger partial charge in [-0.3, -0.25) is 0 Å². The Kier molecular flexibility index (Phi) is 5.38. The molecule has 0 radical (unpaired) electrons. The molecule has 1 saturated heterocycles. The van der Waals surface area contributed by atoms with E-state index in [4.69, 9.17) is 4.74 Å². The predicted octanol–water partition coefficient (Wildman–Crippen LogP) is 1.39. The van der Waals surface area contributed by atoms with Crippen molar-refractivity contribution in [1.29, 1.82) is 0 Å². The molecule has 6 nitrogen and oxygen atoms in total. The number of anilines is 1. The molecule has 21 heavy (non-hydrogen) atoms. The lowest BCUT2D eigenvalue weighted by Gasteiger charge is -2.35. The summed E-state index contributed by atoms with van der Waals surface area (Å²) in [7, 11) is 1.93. The Bertz CT molecular complexity index is 485. The second-order valence-corrected chi connectivity index (χ2v) is 5.19. The summed E-state index contributed by atoms with van der Waals surface area (Å²) in [6, 6.07) is 2.16. The number of aromatic nitrogens is 1. The smallest absolute Gasteiger partial charge is 0.409 e. The lowest BCUT2D eigenvalue weighted by atomic mass is 10.2. The van der Waals surface area contributed by atoms with E-state index in [0.29, 0.717) is 19.7 Å². The summed E-state index contributed by atoms with van der Waals surface area (Å²) in [5, 5.41) is 3.13.